The Kier molecular flexibility index (Phi) is 0.925. The van der Waals surface area contributed by atoms with E-state index in [1.807, 2.05) is 0 Å². The second-order valence-electron chi connectivity index (χ2n) is 2.74. The van der Waals surface area contributed by atoms with Gasteiger partial charge in [-0.2, -0.15) is 0 Å². The van der Waals surface area contributed by atoms with Crippen LogP contribution >= 0.6 is 0 Å². The Balaban J connectivity index is 2.29. The Hall–Kier alpha value is -1.39. The van der Waals surface area contributed by atoms with Gasteiger partial charge in [-0.1, -0.05) is 0 Å². The van der Waals surface area contributed by atoms with Gasteiger partial charge >= 0.3 is 0 Å². The molecule has 0 radical (unpaired) electrons. The van der Waals surface area contributed by atoms with Crippen LogP contribution in [0.15, 0.2) is 0 Å². The summed E-state index contributed by atoms with van der Waals surface area (Å²) in [5.74, 6) is -0.991. The molecular weight excluding hydrogens is 148 g/mol. The van der Waals surface area contributed by atoms with Crippen LogP contribution in [-0.2, 0) is 14.4 Å². The lowest BCUT2D eigenvalue weighted by molar-refractivity contribution is -0.152. The quantitative estimate of drug-likeness (QED) is 0.322. The van der Waals surface area contributed by atoms with Gasteiger partial charge in [0.1, 0.15) is 0 Å². The molecule has 2 N–H and O–H groups in total. The van der Waals surface area contributed by atoms with Crippen LogP contribution in [0.25, 0.3) is 0 Å². The number of carbonyl (C=O) groups is 3. The number of amides is 3. The predicted octanol–water partition coefficient (Wildman–Crippen LogP) is -1.71. The normalized spacial score (nSPS) is 26.4. The fraction of sp³-hybridized carbons (Fsp3) is 0.500. The van der Waals surface area contributed by atoms with Gasteiger partial charge in [0.05, 0.1) is 0 Å². The summed E-state index contributed by atoms with van der Waals surface area (Å²) < 4.78 is 0. The van der Waals surface area contributed by atoms with E-state index in [0.29, 0.717) is 6.42 Å². The van der Waals surface area contributed by atoms with Gasteiger partial charge < -0.3 is 5.32 Å². The zero-order chi connectivity index (χ0) is 8.06. The summed E-state index contributed by atoms with van der Waals surface area (Å²) in [7, 11) is 0. The lowest BCUT2D eigenvalue weighted by Gasteiger charge is -2.33. The van der Waals surface area contributed by atoms with Crippen molar-refractivity contribution in [3.8, 4) is 0 Å². The van der Waals surface area contributed by atoms with Gasteiger partial charge in [-0.05, 0) is 6.42 Å². The molecule has 0 aliphatic carbocycles. The number of rotatable bonds is 0. The molecule has 1 spiro atoms. The third-order valence-corrected chi connectivity index (χ3v) is 2.08. The lowest BCUT2D eigenvalue weighted by atomic mass is 9.88. The molecule has 0 aromatic heterocycles. The standard InChI is InChI=1S/C6H6N2O3/c9-3-1-2-6(8-3)4(10)7-5(6)11/h1-2H2,(H,8,9)(H,7,10,11). The number of hydrogen-bond acceptors (Lipinski definition) is 3. The summed E-state index contributed by atoms with van der Waals surface area (Å²) in [6.07, 6.45) is 0.565. The highest BCUT2D eigenvalue weighted by Gasteiger charge is 2.58. The first-order valence-electron chi connectivity index (χ1n) is 3.32. The molecule has 2 aliphatic rings. The highest BCUT2D eigenvalue weighted by molar-refractivity contribution is 6.28. The van der Waals surface area contributed by atoms with E-state index in [0.717, 1.165) is 0 Å². The van der Waals surface area contributed by atoms with Gasteiger partial charge in [-0.15, -0.1) is 0 Å². The lowest BCUT2D eigenvalue weighted by Crippen LogP contribution is -2.74. The average Bonchev–Trinajstić information content (AvgIpc) is 2.35. The maximum absolute atomic E-state index is 10.9. The maximum atomic E-state index is 10.9. The maximum Gasteiger partial charge on any atom is 0.262 e. The predicted molar refractivity (Wildman–Crippen MR) is 33.3 cm³/mol. The van der Waals surface area contributed by atoms with Crippen molar-refractivity contribution in [2.45, 2.75) is 18.4 Å². The highest BCUT2D eigenvalue weighted by Crippen LogP contribution is 2.26. The second kappa shape index (κ2) is 1.61. The van der Waals surface area contributed by atoms with Crippen molar-refractivity contribution in [2.75, 3.05) is 0 Å². The van der Waals surface area contributed by atoms with Crippen LogP contribution in [0, 0.1) is 0 Å². The number of imide groups is 1. The third kappa shape index (κ3) is 0.574. The van der Waals surface area contributed by atoms with Crippen LogP contribution < -0.4 is 10.6 Å². The number of carbonyl (C=O) groups excluding carboxylic acids is 3. The average molecular weight is 154 g/mol. The molecule has 5 heteroatoms. The van der Waals surface area contributed by atoms with Crippen molar-refractivity contribution in [2.24, 2.45) is 0 Å². The van der Waals surface area contributed by atoms with E-state index in [-0.39, 0.29) is 24.1 Å². The SMILES string of the molecule is O=C1CCC2(N1)C(=O)NC2=O. The van der Waals surface area contributed by atoms with Crippen molar-refractivity contribution in [1.29, 1.82) is 0 Å². The summed E-state index contributed by atoms with van der Waals surface area (Å²) in [5.41, 5.74) is -1.18. The van der Waals surface area contributed by atoms with Crippen LogP contribution in [0.5, 0.6) is 0 Å². The minimum absolute atomic E-state index is 0.229. The van der Waals surface area contributed by atoms with Crippen molar-refractivity contribution in [3.05, 3.63) is 0 Å². The summed E-state index contributed by atoms with van der Waals surface area (Å²) >= 11 is 0. The summed E-state index contributed by atoms with van der Waals surface area (Å²) in [6.45, 7) is 0. The molecule has 5 nitrogen and oxygen atoms in total. The van der Waals surface area contributed by atoms with Crippen molar-refractivity contribution >= 4 is 17.7 Å². The van der Waals surface area contributed by atoms with Gasteiger partial charge in [-0.25, -0.2) is 0 Å². The van der Waals surface area contributed by atoms with Crippen LogP contribution in [-0.4, -0.2) is 23.3 Å². The molecule has 2 saturated heterocycles. The van der Waals surface area contributed by atoms with Crippen LogP contribution in [0.3, 0.4) is 0 Å². The van der Waals surface area contributed by atoms with E-state index in [1.54, 1.807) is 0 Å². The molecule has 0 bridgehead atoms. The Morgan fingerprint density at radius 1 is 1.18 bits per heavy atom. The van der Waals surface area contributed by atoms with Crippen LogP contribution in [0.2, 0.25) is 0 Å². The molecule has 0 saturated carbocycles. The minimum atomic E-state index is -1.18. The van der Waals surface area contributed by atoms with E-state index in [4.69, 9.17) is 0 Å². The molecule has 0 aromatic carbocycles. The summed E-state index contributed by atoms with van der Waals surface area (Å²) in [6, 6.07) is 0. The van der Waals surface area contributed by atoms with Gasteiger partial charge in [0.2, 0.25) is 5.91 Å². The number of hydrogen-bond donors (Lipinski definition) is 2. The highest BCUT2D eigenvalue weighted by atomic mass is 16.2. The Labute approximate surface area is 62.1 Å². The van der Waals surface area contributed by atoms with E-state index in [2.05, 4.69) is 10.6 Å². The molecule has 0 atom stereocenters. The van der Waals surface area contributed by atoms with Gasteiger partial charge in [0, 0.05) is 6.42 Å². The molecule has 2 heterocycles. The van der Waals surface area contributed by atoms with Crippen LogP contribution in [0.4, 0.5) is 0 Å². The van der Waals surface area contributed by atoms with Crippen molar-refractivity contribution < 1.29 is 14.4 Å². The summed E-state index contributed by atoms with van der Waals surface area (Å²) in [4.78, 5) is 32.4. The Morgan fingerprint density at radius 2 is 1.82 bits per heavy atom. The third-order valence-electron chi connectivity index (χ3n) is 2.08. The van der Waals surface area contributed by atoms with E-state index < -0.39 is 5.54 Å². The number of β-lactam (4-membered cyclic amide) rings is 2. The molecule has 2 fully saturated rings. The molecule has 0 unspecified atom stereocenters. The molecule has 3 amide bonds. The molecule has 2 rings (SSSR count). The molecule has 58 valence electrons. The molecule has 0 aromatic rings. The fourth-order valence-corrected chi connectivity index (χ4v) is 1.36. The molecule has 2 aliphatic heterocycles. The molecular formula is C6H6N2O3. The Morgan fingerprint density at radius 3 is 2.09 bits per heavy atom. The second-order valence-corrected chi connectivity index (χ2v) is 2.74. The van der Waals surface area contributed by atoms with Crippen molar-refractivity contribution in [1.82, 2.24) is 10.6 Å². The first kappa shape index (κ1) is 6.33. The fourth-order valence-electron chi connectivity index (χ4n) is 1.36. The van der Waals surface area contributed by atoms with E-state index >= 15 is 0 Å². The van der Waals surface area contributed by atoms with Gasteiger partial charge in [0.25, 0.3) is 11.8 Å². The first-order valence-corrected chi connectivity index (χ1v) is 3.32. The van der Waals surface area contributed by atoms with E-state index in [1.165, 1.54) is 0 Å². The Bertz CT molecular complexity index is 257. The zero-order valence-corrected chi connectivity index (χ0v) is 5.64. The van der Waals surface area contributed by atoms with Crippen molar-refractivity contribution in [3.63, 3.8) is 0 Å². The summed E-state index contributed by atoms with van der Waals surface area (Å²) in [5, 5.41) is 4.43. The van der Waals surface area contributed by atoms with Crippen LogP contribution in [0.1, 0.15) is 12.8 Å². The van der Waals surface area contributed by atoms with E-state index in [9.17, 15) is 14.4 Å². The minimum Gasteiger partial charge on any atom is -0.334 e. The van der Waals surface area contributed by atoms with Gasteiger partial charge in [0.15, 0.2) is 5.54 Å². The topological polar surface area (TPSA) is 75.3 Å². The van der Waals surface area contributed by atoms with Gasteiger partial charge in [-0.3, -0.25) is 19.7 Å². The smallest absolute Gasteiger partial charge is 0.262 e. The molecule has 11 heavy (non-hydrogen) atoms. The first-order chi connectivity index (χ1) is 5.15. The zero-order valence-electron chi connectivity index (χ0n) is 5.64. The monoisotopic (exact) mass is 154 g/mol. The number of nitrogens with one attached hydrogen (secondary N) is 2. The largest absolute Gasteiger partial charge is 0.334 e.